The van der Waals surface area contributed by atoms with Crippen LogP contribution in [0.3, 0.4) is 0 Å². The Morgan fingerprint density at radius 3 is 2.32 bits per heavy atom. The third-order valence-electron chi connectivity index (χ3n) is 4.80. The number of rotatable bonds is 9. The van der Waals surface area contributed by atoms with Crippen molar-refractivity contribution in [1.82, 2.24) is 10.6 Å². The third-order valence-corrected chi connectivity index (χ3v) is 4.80. The fraction of sp³-hybridized carbons (Fsp3) is 0.500. The lowest BCUT2D eigenvalue weighted by molar-refractivity contribution is -0.117. The first kappa shape index (κ1) is 23.4. The van der Waals surface area contributed by atoms with E-state index in [2.05, 4.69) is 15.6 Å². The highest BCUT2D eigenvalue weighted by Crippen LogP contribution is 2.27. The second-order valence-electron chi connectivity index (χ2n) is 7.08. The Morgan fingerprint density at radius 1 is 1.21 bits per heavy atom. The molecule has 1 aliphatic rings. The van der Waals surface area contributed by atoms with E-state index in [4.69, 9.17) is 5.73 Å². The van der Waals surface area contributed by atoms with Crippen LogP contribution < -0.4 is 16.4 Å². The quantitative estimate of drug-likeness (QED) is 0.319. The zero-order chi connectivity index (χ0) is 21.3. The zero-order valence-electron chi connectivity index (χ0n) is 18.0. The summed E-state index contributed by atoms with van der Waals surface area (Å²) < 4.78 is 0. The third kappa shape index (κ3) is 7.18. The molecule has 0 heterocycles. The molecular formula is C22H34N4O2. The van der Waals surface area contributed by atoms with Gasteiger partial charge in [0.05, 0.1) is 5.71 Å². The van der Waals surface area contributed by atoms with Crippen molar-refractivity contribution in [3.8, 4) is 0 Å². The molecule has 0 aromatic heterocycles. The van der Waals surface area contributed by atoms with E-state index in [1.807, 2.05) is 45.9 Å². The van der Waals surface area contributed by atoms with Gasteiger partial charge in [0.2, 0.25) is 5.91 Å². The van der Waals surface area contributed by atoms with Crippen molar-refractivity contribution in [1.29, 1.82) is 0 Å². The van der Waals surface area contributed by atoms with E-state index in [0.29, 0.717) is 23.6 Å². The summed E-state index contributed by atoms with van der Waals surface area (Å²) in [7, 11) is 1.72. The molecule has 1 aliphatic carbocycles. The molecule has 3 amide bonds. The Labute approximate surface area is 168 Å². The van der Waals surface area contributed by atoms with Gasteiger partial charge in [-0.25, -0.2) is 4.79 Å². The zero-order valence-corrected chi connectivity index (χ0v) is 18.0. The molecule has 6 nitrogen and oxygen atoms in total. The molecule has 0 saturated heterocycles. The molecule has 0 radical (unpaired) electrons. The van der Waals surface area contributed by atoms with E-state index >= 15 is 0 Å². The first-order chi connectivity index (χ1) is 13.2. The number of nitrogens with two attached hydrogens (primary N) is 1. The highest BCUT2D eigenvalue weighted by Gasteiger charge is 2.22. The summed E-state index contributed by atoms with van der Waals surface area (Å²) in [5.74, 6) is 0.608. The Balaban J connectivity index is 3.24. The van der Waals surface area contributed by atoms with Crippen LogP contribution in [0.5, 0.6) is 0 Å². The van der Waals surface area contributed by atoms with Crippen molar-refractivity contribution >= 4 is 17.6 Å². The van der Waals surface area contributed by atoms with Gasteiger partial charge in [-0.05, 0) is 75.7 Å². The minimum absolute atomic E-state index is 0.0340. The Bertz CT molecular complexity index is 750. The van der Waals surface area contributed by atoms with Crippen molar-refractivity contribution in [2.75, 3.05) is 13.6 Å². The van der Waals surface area contributed by atoms with Gasteiger partial charge in [0.1, 0.15) is 0 Å². The van der Waals surface area contributed by atoms with Crippen LogP contribution in [0.25, 0.3) is 0 Å². The molecule has 0 unspecified atom stereocenters. The maximum atomic E-state index is 12.4. The number of hydrogen-bond donors (Lipinski definition) is 3. The maximum Gasteiger partial charge on any atom is 0.316 e. The maximum absolute atomic E-state index is 12.4. The smallest absolute Gasteiger partial charge is 0.316 e. The van der Waals surface area contributed by atoms with Crippen LogP contribution in [0, 0.1) is 5.92 Å². The predicted molar refractivity (Wildman–Crippen MR) is 116 cm³/mol. The van der Waals surface area contributed by atoms with Gasteiger partial charge in [-0.3, -0.25) is 9.79 Å². The Hall–Kier alpha value is -2.63. The average molecular weight is 387 g/mol. The molecule has 154 valence electrons. The summed E-state index contributed by atoms with van der Waals surface area (Å²) in [6.45, 7) is 10.2. The molecule has 6 heteroatoms. The fourth-order valence-electron chi connectivity index (χ4n) is 2.90. The summed E-state index contributed by atoms with van der Waals surface area (Å²) >= 11 is 0. The van der Waals surface area contributed by atoms with Crippen molar-refractivity contribution in [2.24, 2.45) is 16.6 Å². The molecule has 1 saturated carbocycles. The topological polar surface area (TPSA) is 96.6 Å². The molecule has 0 aromatic carbocycles. The molecule has 1 fully saturated rings. The number of hydrogen-bond acceptors (Lipinski definition) is 3. The summed E-state index contributed by atoms with van der Waals surface area (Å²) in [6.07, 6.45) is 8.92. The number of primary amides is 1. The van der Waals surface area contributed by atoms with Crippen molar-refractivity contribution in [3.63, 3.8) is 0 Å². The van der Waals surface area contributed by atoms with Gasteiger partial charge in [-0.2, -0.15) is 0 Å². The van der Waals surface area contributed by atoms with Crippen LogP contribution in [0.4, 0.5) is 4.79 Å². The normalized spacial score (nSPS) is 17.2. The molecule has 28 heavy (non-hydrogen) atoms. The number of amides is 3. The van der Waals surface area contributed by atoms with Gasteiger partial charge in [0.15, 0.2) is 0 Å². The molecule has 0 spiro atoms. The lowest BCUT2D eigenvalue weighted by Gasteiger charge is -2.15. The van der Waals surface area contributed by atoms with E-state index in [-0.39, 0.29) is 5.91 Å². The number of urea groups is 1. The lowest BCUT2D eigenvalue weighted by Crippen LogP contribution is -2.29. The van der Waals surface area contributed by atoms with Crippen LogP contribution in [0.2, 0.25) is 0 Å². The second-order valence-corrected chi connectivity index (χ2v) is 7.08. The number of aliphatic imine (C=N–C) groups is 1. The largest absolute Gasteiger partial charge is 0.352 e. The summed E-state index contributed by atoms with van der Waals surface area (Å²) in [6, 6.07) is -0.602. The number of allylic oxidation sites excluding steroid dienone is 7. The molecule has 1 rings (SSSR count). The first-order valence-electron chi connectivity index (χ1n) is 9.78. The van der Waals surface area contributed by atoms with Crippen LogP contribution in [0.1, 0.15) is 53.9 Å². The monoisotopic (exact) mass is 386 g/mol. The van der Waals surface area contributed by atoms with Gasteiger partial charge in [-0.1, -0.05) is 19.1 Å². The van der Waals surface area contributed by atoms with Gasteiger partial charge >= 0.3 is 6.03 Å². The Kier molecular flexibility index (Phi) is 9.42. The molecule has 0 aromatic rings. The standard InChI is InChI=1S/C22H34N4O2/c1-7-9-18(20(24-6)19(8-2)16(5)26-22(23)28)12-14(3)15(4)21(27)25-13-17-10-11-17/h7,9,12,17H,8,10-11,13H2,1-6H3,(H,25,27)(H3,23,26,28)/b9-7-,15-14+,18-12-,19-16+,24-20?. The van der Waals surface area contributed by atoms with Crippen molar-refractivity contribution in [2.45, 2.75) is 53.9 Å². The van der Waals surface area contributed by atoms with E-state index in [1.54, 1.807) is 14.0 Å². The lowest BCUT2D eigenvalue weighted by atomic mass is 9.95. The molecule has 0 bridgehead atoms. The van der Waals surface area contributed by atoms with Crippen LogP contribution in [0.15, 0.2) is 51.2 Å². The number of carbonyl (C=O) groups is 2. The van der Waals surface area contributed by atoms with E-state index in [1.165, 1.54) is 12.8 Å². The minimum Gasteiger partial charge on any atom is -0.352 e. The molecular weight excluding hydrogens is 352 g/mol. The fourth-order valence-corrected chi connectivity index (χ4v) is 2.90. The van der Waals surface area contributed by atoms with Crippen molar-refractivity contribution in [3.05, 3.63) is 46.2 Å². The highest BCUT2D eigenvalue weighted by molar-refractivity contribution is 6.15. The van der Waals surface area contributed by atoms with Gasteiger partial charge in [-0.15, -0.1) is 0 Å². The SMILES string of the molecule is C\C=C/C(=C/C(C)=C(\C)C(=O)NCC1CC1)C(=NC)/C(CC)=C(\C)NC(N)=O. The molecule has 0 aliphatic heterocycles. The summed E-state index contributed by atoms with van der Waals surface area (Å²) in [5.41, 5.74) is 10.0. The molecule has 4 N–H and O–H groups in total. The minimum atomic E-state index is -0.602. The van der Waals surface area contributed by atoms with Crippen LogP contribution in [-0.4, -0.2) is 31.2 Å². The average Bonchev–Trinajstić information content (AvgIpc) is 3.46. The molecule has 0 atom stereocenters. The van der Waals surface area contributed by atoms with Crippen LogP contribution >= 0.6 is 0 Å². The van der Waals surface area contributed by atoms with Gasteiger partial charge in [0.25, 0.3) is 0 Å². The summed E-state index contributed by atoms with van der Waals surface area (Å²) in [4.78, 5) is 28.1. The number of carbonyl (C=O) groups excluding carboxylic acids is 2. The van der Waals surface area contributed by atoms with E-state index in [9.17, 15) is 9.59 Å². The highest BCUT2D eigenvalue weighted by atomic mass is 16.2. The number of nitrogens with zero attached hydrogens (tertiary/aromatic N) is 1. The first-order valence-corrected chi connectivity index (χ1v) is 9.78. The van der Waals surface area contributed by atoms with Gasteiger partial charge in [0, 0.05) is 24.9 Å². The van der Waals surface area contributed by atoms with E-state index < -0.39 is 6.03 Å². The second kappa shape index (κ2) is 11.3. The Morgan fingerprint density at radius 2 is 1.86 bits per heavy atom. The van der Waals surface area contributed by atoms with Gasteiger partial charge < -0.3 is 16.4 Å². The van der Waals surface area contributed by atoms with Crippen molar-refractivity contribution < 1.29 is 9.59 Å². The van der Waals surface area contributed by atoms with E-state index in [0.717, 1.165) is 29.0 Å². The predicted octanol–water partition coefficient (Wildman–Crippen LogP) is 3.77. The van der Waals surface area contributed by atoms with Crippen LogP contribution in [-0.2, 0) is 4.79 Å². The summed E-state index contributed by atoms with van der Waals surface area (Å²) in [5, 5.41) is 5.65. The number of nitrogens with one attached hydrogen (secondary N) is 2.